The van der Waals surface area contributed by atoms with Gasteiger partial charge in [-0.25, -0.2) is 18.1 Å². The Morgan fingerprint density at radius 1 is 1.14 bits per heavy atom. The predicted octanol–water partition coefficient (Wildman–Crippen LogP) is 3.90. The summed E-state index contributed by atoms with van der Waals surface area (Å²) in [5.74, 6) is 3.53. The maximum absolute atomic E-state index is 12.0. The van der Waals surface area contributed by atoms with E-state index in [0.29, 0.717) is 17.6 Å². The Balaban J connectivity index is 1.53. The molecule has 1 N–H and O–H groups in total. The van der Waals surface area contributed by atoms with Crippen LogP contribution in [0, 0.1) is 17.1 Å². The van der Waals surface area contributed by atoms with Crippen LogP contribution in [0.2, 0.25) is 0 Å². The molecular weight excluding hydrogens is 386 g/mol. The van der Waals surface area contributed by atoms with Crippen molar-refractivity contribution in [2.45, 2.75) is 50.5 Å². The van der Waals surface area contributed by atoms with Gasteiger partial charge in [-0.1, -0.05) is 25.2 Å². The van der Waals surface area contributed by atoms with E-state index in [9.17, 15) is 8.42 Å². The Kier molecular flexibility index (Phi) is 5.49. The largest absolute Gasteiger partial charge is 0.324 e. The normalized spacial score (nSPS) is 15.1. The van der Waals surface area contributed by atoms with Crippen LogP contribution >= 0.6 is 0 Å². The van der Waals surface area contributed by atoms with Crippen LogP contribution in [0.15, 0.2) is 41.6 Å². The van der Waals surface area contributed by atoms with Crippen LogP contribution in [0.3, 0.4) is 0 Å². The minimum atomic E-state index is -3.57. The molecule has 1 aromatic carbocycles. The molecule has 0 radical (unpaired) electrons. The summed E-state index contributed by atoms with van der Waals surface area (Å²) in [6.07, 6.45) is 9.96. The van der Waals surface area contributed by atoms with Crippen LogP contribution in [0.5, 0.6) is 0 Å². The Bertz CT molecular complexity index is 1170. The number of aromatic nitrogens is 4. The molecule has 2 heterocycles. The fourth-order valence-electron chi connectivity index (χ4n) is 3.71. The first-order valence-corrected chi connectivity index (χ1v) is 11.3. The Hall–Kier alpha value is -2.92. The van der Waals surface area contributed by atoms with Crippen molar-refractivity contribution in [3.8, 4) is 11.2 Å². The van der Waals surface area contributed by atoms with Gasteiger partial charge in [0.05, 0.1) is 16.5 Å². The maximum Gasteiger partial charge on any atom is 0.245 e. The number of benzene rings is 1. The van der Waals surface area contributed by atoms with Gasteiger partial charge in [0.15, 0.2) is 5.65 Å². The lowest BCUT2D eigenvalue weighted by atomic mass is 9.89. The molecule has 8 heteroatoms. The Morgan fingerprint density at radius 3 is 2.62 bits per heavy atom. The second-order valence-electron chi connectivity index (χ2n) is 7.31. The van der Waals surface area contributed by atoms with Crippen molar-refractivity contribution in [3.63, 3.8) is 0 Å². The second-order valence-corrected chi connectivity index (χ2v) is 8.99. The van der Waals surface area contributed by atoms with Crippen LogP contribution < -0.4 is 5.32 Å². The zero-order valence-electron chi connectivity index (χ0n) is 16.3. The highest BCUT2D eigenvalue weighted by atomic mass is 32.2. The fourth-order valence-corrected chi connectivity index (χ4v) is 4.60. The van der Waals surface area contributed by atoms with Crippen LogP contribution in [0.4, 0.5) is 11.6 Å². The highest BCUT2D eigenvalue weighted by molar-refractivity contribution is 7.96. The summed E-state index contributed by atoms with van der Waals surface area (Å²) in [6.45, 7) is 2.38. The third-order valence-corrected chi connectivity index (χ3v) is 6.56. The number of hydrogen-bond acceptors (Lipinski definition) is 6. The van der Waals surface area contributed by atoms with Crippen molar-refractivity contribution in [3.05, 3.63) is 36.7 Å². The quantitative estimate of drug-likeness (QED) is 0.508. The van der Waals surface area contributed by atoms with Gasteiger partial charge in [-0.05, 0) is 49.9 Å². The van der Waals surface area contributed by atoms with Gasteiger partial charge in [0.1, 0.15) is 0 Å². The molecule has 3 aromatic rings. The van der Waals surface area contributed by atoms with E-state index in [1.54, 1.807) is 24.5 Å². The molecule has 150 valence electrons. The molecule has 1 aliphatic carbocycles. The van der Waals surface area contributed by atoms with Gasteiger partial charge in [-0.3, -0.25) is 0 Å². The van der Waals surface area contributed by atoms with Crippen molar-refractivity contribution in [1.29, 1.82) is 0 Å². The lowest BCUT2D eigenvalue weighted by molar-refractivity contribution is 0.311. The highest BCUT2D eigenvalue weighted by Crippen LogP contribution is 2.26. The second kappa shape index (κ2) is 8.21. The third kappa shape index (κ3) is 4.40. The van der Waals surface area contributed by atoms with Gasteiger partial charge >= 0.3 is 0 Å². The smallest absolute Gasteiger partial charge is 0.245 e. The summed E-state index contributed by atoms with van der Waals surface area (Å²) in [5, 5.41) is 10.8. The maximum atomic E-state index is 12.0. The monoisotopic (exact) mass is 409 g/mol. The molecule has 0 aliphatic heterocycles. The minimum Gasteiger partial charge on any atom is -0.324 e. The summed E-state index contributed by atoms with van der Waals surface area (Å²) >= 11 is 0. The first-order valence-electron chi connectivity index (χ1n) is 9.79. The predicted molar refractivity (Wildman–Crippen MR) is 112 cm³/mol. The van der Waals surface area contributed by atoms with E-state index in [1.165, 1.54) is 51.2 Å². The molecule has 0 saturated heterocycles. The third-order valence-electron chi connectivity index (χ3n) is 5.19. The summed E-state index contributed by atoms with van der Waals surface area (Å²) in [4.78, 5) is 9.15. The highest BCUT2D eigenvalue weighted by Gasteiger charge is 2.16. The first-order chi connectivity index (χ1) is 14.0. The van der Waals surface area contributed by atoms with Crippen molar-refractivity contribution in [2.24, 2.45) is 5.92 Å². The molecule has 2 aromatic heterocycles. The number of nitrogens with one attached hydrogen (secondary N) is 1. The summed E-state index contributed by atoms with van der Waals surface area (Å²) in [6, 6.07) is 6.40. The lowest BCUT2D eigenvalue weighted by Crippen LogP contribution is -2.15. The van der Waals surface area contributed by atoms with Crippen LogP contribution in [-0.4, -0.2) is 28.2 Å². The van der Waals surface area contributed by atoms with E-state index in [-0.39, 0.29) is 4.90 Å². The average Bonchev–Trinajstić information content (AvgIpc) is 3.11. The number of sulfone groups is 1. The molecule has 0 amide bonds. The van der Waals surface area contributed by atoms with Gasteiger partial charge in [-0.15, -0.1) is 0 Å². The fraction of sp³-hybridized carbons (Fsp3) is 0.381. The Labute approximate surface area is 170 Å². The van der Waals surface area contributed by atoms with Crippen LogP contribution in [-0.2, 0) is 16.4 Å². The zero-order chi connectivity index (χ0) is 20.3. The van der Waals surface area contributed by atoms with Crippen molar-refractivity contribution >= 4 is 32.5 Å². The zero-order valence-corrected chi connectivity index (χ0v) is 17.1. The molecule has 1 fully saturated rings. The molecule has 1 aliphatic rings. The van der Waals surface area contributed by atoms with E-state index in [0.717, 1.165) is 17.6 Å². The summed E-state index contributed by atoms with van der Waals surface area (Å²) < 4.78 is 26.0. The number of rotatable bonds is 5. The Morgan fingerprint density at radius 2 is 1.90 bits per heavy atom. The standard InChI is InChI=1S/C21H23N5O2S/c1-2-12-29(27,28)19-10-8-18(9-11-19)24-21-22-13-17-14-23-26(20(17)25-21)15-16-6-4-3-5-7-16/h8-11,13-14,16H,3-7,15H2,1H3,(H,22,24,25). The van der Waals surface area contributed by atoms with Crippen LogP contribution in [0.25, 0.3) is 11.0 Å². The molecule has 4 rings (SSSR count). The van der Waals surface area contributed by atoms with Crippen molar-refractivity contribution < 1.29 is 8.42 Å². The molecule has 0 spiro atoms. The summed E-state index contributed by atoms with van der Waals surface area (Å²) in [7, 11) is -3.57. The molecule has 29 heavy (non-hydrogen) atoms. The molecule has 0 bridgehead atoms. The van der Waals surface area contributed by atoms with E-state index >= 15 is 0 Å². The van der Waals surface area contributed by atoms with E-state index in [2.05, 4.69) is 31.6 Å². The average molecular weight is 410 g/mol. The molecule has 0 unspecified atom stereocenters. The minimum absolute atomic E-state index is 0.166. The molecule has 0 atom stereocenters. The van der Waals surface area contributed by atoms with Crippen molar-refractivity contribution in [2.75, 3.05) is 5.32 Å². The number of fused-ring (bicyclic) bond motifs is 1. The molecular formula is C21H23N5O2S. The van der Waals surface area contributed by atoms with Gasteiger partial charge in [0.2, 0.25) is 15.8 Å². The van der Waals surface area contributed by atoms with Gasteiger partial charge in [0, 0.05) is 23.7 Å². The van der Waals surface area contributed by atoms with Crippen molar-refractivity contribution in [1.82, 2.24) is 19.7 Å². The number of hydrogen-bond donors (Lipinski definition) is 1. The number of anilines is 2. The SMILES string of the molecule is CC#CS(=O)(=O)c1ccc(Nc2ncc3cnn(CC4CCCCC4)c3n2)cc1. The molecule has 1 saturated carbocycles. The van der Waals surface area contributed by atoms with Gasteiger partial charge in [-0.2, -0.15) is 10.1 Å². The van der Waals surface area contributed by atoms with E-state index in [1.807, 2.05) is 4.68 Å². The number of nitrogens with zero attached hydrogens (tertiary/aromatic N) is 4. The van der Waals surface area contributed by atoms with Gasteiger partial charge < -0.3 is 5.32 Å². The first kappa shape index (κ1) is 19.4. The topological polar surface area (TPSA) is 89.8 Å². The van der Waals surface area contributed by atoms with E-state index < -0.39 is 9.84 Å². The van der Waals surface area contributed by atoms with E-state index in [4.69, 9.17) is 0 Å². The van der Waals surface area contributed by atoms with Crippen LogP contribution in [0.1, 0.15) is 39.0 Å². The molecule has 7 nitrogen and oxygen atoms in total. The van der Waals surface area contributed by atoms with Gasteiger partial charge in [0.25, 0.3) is 0 Å². The lowest BCUT2D eigenvalue weighted by Gasteiger charge is -2.21. The summed E-state index contributed by atoms with van der Waals surface area (Å²) in [5.41, 5.74) is 1.51.